The number of thioether (sulfide) groups is 1. The predicted molar refractivity (Wildman–Crippen MR) is 54.1 cm³/mol. The van der Waals surface area contributed by atoms with Gasteiger partial charge in [-0.25, -0.2) is 0 Å². The molecule has 1 nitrogen and oxygen atoms in total. The number of alkyl halides is 3. The van der Waals surface area contributed by atoms with Crippen molar-refractivity contribution in [2.24, 2.45) is 0 Å². The highest BCUT2D eigenvalue weighted by Gasteiger charge is 2.31. The first-order valence-corrected chi connectivity index (χ1v) is 5.27. The molecule has 0 amide bonds. The van der Waals surface area contributed by atoms with Crippen LogP contribution in [-0.2, 0) is 0 Å². The minimum atomic E-state index is -4.62. The summed E-state index contributed by atoms with van der Waals surface area (Å²) in [6.45, 7) is 3.95. The van der Waals surface area contributed by atoms with Crippen molar-refractivity contribution >= 4 is 11.8 Å². The van der Waals surface area contributed by atoms with Crippen LogP contribution in [-0.4, -0.2) is 11.6 Å². The molecule has 0 aliphatic heterocycles. The lowest BCUT2D eigenvalue weighted by Gasteiger charge is -2.10. The van der Waals surface area contributed by atoms with Crippen molar-refractivity contribution in [1.29, 1.82) is 0 Å². The first-order valence-electron chi connectivity index (χ1n) is 4.39. The van der Waals surface area contributed by atoms with Crippen LogP contribution in [0, 0.1) is 0 Å². The molecule has 0 bridgehead atoms. The molecule has 0 heterocycles. The minimum absolute atomic E-state index is 0.173. The molecule has 1 rings (SSSR count). The van der Waals surface area contributed by atoms with E-state index >= 15 is 0 Å². The second-order valence-electron chi connectivity index (χ2n) is 3.19. The van der Waals surface area contributed by atoms with Crippen LogP contribution in [0.25, 0.3) is 0 Å². The van der Waals surface area contributed by atoms with Crippen LogP contribution in [0.4, 0.5) is 13.2 Å². The van der Waals surface area contributed by atoms with Gasteiger partial charge in [-0.05, 0) is 18.2 Å². The minimum Gasteiger partial charge on any atom is -0.406 e. The van der Waals surface area contributed by atoms with Gasteiger partial charge in [-0.3, -0.25) is 0 Å². The van der Waals surface area contributed by atoms with Gasteiger partial charge in [0.15, 0.2) is 0 Å². The van der Waals surface area contributed by atoms with Crippen LogP contribution < -0.4 is 4.74 Å². The molecule has 0 unspecified atom stereocenters. The van der Waals surface area contributed by atoms with Crippen molar-refractivity contribution in [3.63, 3.8) is 0 Å². The first kappa shape index (κ1) is 12.2. The van der Waals surface area contributed by atoms with Crippen LogP contribution in [0.1, 0.15) is 13.8 Å². The van der Waals surface area contributed by atoms with Crippen molar-refractivity contribution < 1.29 is 17.9 Å². The number of rotatable bonds is 3. The molecule has 0 saturated carbocycles. The molecule has 0 aromatic heterocycles. The summed E-state index contributed by atoms with van der Waals surface area (Å²) < 4.78 is 39.5. The average Bonchev–Trinajstić information content (AvgIpc) is 1.99. The van der Waals surface area contributed by atoms with Gasteiger partial charge in [0.05, 0.1) is 0 Å². The highest BCUT2D eigenvalue weighted by molar-refractivity contribution is 7.99. The molecule has 84 valence electrons. The van der Waals surface area contributed by atoms with Gasteiger partial charge in [-0.15, -0.1) is 24.9 Å². The zero-order valence-electron chi connectivity index (χ0n) is 8.34. The maximum Gasteiger partial charge on any atom is 0.573 e. The molecule has 0 fully saturated rings. The van der Waals surface area contributed by atoms with Crippen LogP contribution >= 0.6 is 11.8 Å². The highest BCUT2D eigenvalue weighted by atomic mass is 32.2. The second-order valence-corrected chi connectivity index (χ2v) is 4.84. The van der Waals surface area contributed by atoms with Crippen molar-refractivity contribution in [3.8, 4) is 5.75 Å². The van der Waals surface area contributed by atoms with Gasteiger partial charge < -0.3 is 4.74 Å². The summed E-state index contributed by atoms with van der Waals surface area (Å²) in [5, 5.41) is 0.325. The van der Waals surface area contributed by atoms with E-state index in [9.17, 15) is 13.2 Å². The fourth-order valence-corrected chi connectivity index (χ4v) is 1.90. The van der Waals surface area contributed by atoms with Crippen molar-refractivity contribution in [1.82, 2.24) is 0 Å². The fraction of sp³-hybridized carbons (Fsp3) is 0.400. The summed E-state index contributed by atoms with van der Waals surface area (Å²) in [5.41, 5.74) is 0. The van der Waals surface area contributed by atoms with E-state index in [-0.39, 0.29) is 5.75 Å². The Labute approximate surface area is 90.6 Å². The number of ether oxygens (including phenoxy) is 1. The quantitative estimate of drug-likeness (QED) is 0.731. The fourth-order valence-electron chi connectivity index (χ4n) is 1.02. The number of halogens is 3. The lowest BCUT2D eigenvalue weighted by Crippen LogP contribution is -2.17. The molecule has 1 aromatic rings. The van der Waals surface area contributed by atoms with Gasteiger partial charge in [0.1, 0.15) is 5.75 Å². The molecule has 0 saturated heterocycles. The summed E-state index contributed by atoms with van der Waals surface area (Å²) in [5.74, 6) is -0.173. The number of benzene rings is 1. The van der Waals surface area contributed by atoms with Crippen LogP contribution in [0.5, 0.6) is 5.75 Å². The van der Waals surface area contributed by atoms with Gasteiger partial charge in [-0.1, -0.05) is 19.9 Å². The Balaban J connectivity index is 2.74. The van der Waals surface area contributed by atoms with E-state index in [4.69, 9.17) is 0 Å². The molecule has 0 aliphatic rings. The molecule has 0 radical (unpaired) electrons. The zero-order valence-corrected chi connectivity index (χ0v) is 9.15. The molecule has 15 heavy (non-hydrogen) atoms. The molecule has 0 atom stereocenters. The van der Waals surface area contributed by atoms with Gasteiger partial charge in [0.25, 0.3) is 0 Å². The maximum atomic E-state index is 11.9. The normalized spacial score (nSPS) is 11.9. The van der Waals surface area contributed by atoms with E-state index in [1.807, 2.05) is 13.8 Å². The third-order valence-electron chi connectivity index (χ3n) is 1.41. The molecule has 0 spiro atoms. The van der Waals surface area contributed by atoms with Crippen molar-refractivity contribution in [3.05, 3.63) is 24.3 Å². The molecule has 1 aromatic carbocycles. The Morgan fingerprint density at radius 3 is 2.47 bits per heavy atom. The van der Waals surface area contributed by atoms with Crippen LogP contribution in [0.2, 0.25) is 0 Å². The summed E-state index contributed by atoms with van der Waals surface area (Å²) >= 11 is 1.49. The average molecular weight is 236 g/mol. The molecule has 5 heteroatoms. The zero-order chi connectivity index (χ0) is 11.5. The smallest absolute Gasteiger partial charge is 0.406 e. The van der Waals surface area contributed by atoms with Gasteiger partial charge in [-0.2, -0.15) is 0 Å². The van der Waals surface area contributed by atoms with E-state index in [0.29, 0.717) is 5.25 Å². The SMILES string of the molecule is CC(C)Sc1cccc(OC(F)(F)F)c1. The van der Waals surface area contributed by atoms with E-state index in [1.54, 1.807) is 12.1 Å². The lowest BCUT2D eigenvalue weighted by atomic mass is 10.3. The summed E-state index contributed by atoms with van der Waals surface area (Å²) in [6.07, 6.45) is -4.62. The molecular formula is C10H11F3OS. The molecular weight excluding hydrogens is 225 g/mol. The Hall–Kier alpha value is -0.840. The topological polar surface area (TPSA) is 9.23 Å². The summed E-state index contributed by atoms with van der Waals surface area (Å²) in [7, 11) is 0. The largest absolute Gasteiger partial charge is 0.573 e. The van der Waals surface area contributed by atoms with E-state index in [0.717, 1.165) is 4.90 Å². The third-order valence-corrected chi connectivity index (χ3v) is 2.41. The number of hydrogen-bond donors (Lipinski definition) is 0. The second kappa shape index (κ2) is 4.79. The van der Waals surface area contributed by atoms with E-state index < -0.39 is 6.36 Å². The van der Waals surface area contributed by atoms with E-state index in [2.05, 4.69) is 4.74 Å². The Kier molecular flexibility index (Phi) is 3.90. The van der Waals surface area contributed by atoms with Gasteiger partial charge >= 0.3 is 6.36 Å². The monoisotopic (exact) mass is 236 g/mol. The Bertz CT molecular complexity index is 323. The molecule has 0 N–H and O–H groups in total. The molecule has 0 aliphatic carbocycles. The third kappa shape index (κ3) is 4.97. The summed E-state index contributed by atoms with van der Waals surface area (Å²) in [6, 6.07) is 5.98. The van der Waals surface area contributed by atoms with Gasteiger partial charge in [0, 0.05) is 10.1 Å². The highest BCUT2D eigenvalue weighted by Crippen LogP contribution is 2.29. The van der Waals surface area contributed by atoms with E-state index in [1.165, 1.54) is 23.9 Å². The van der Waals surface area contributed by atoms with Gasteiger partial charge in [0.2, 0.25) is 0 Å². The lowest BCUT2D eigenvalue weighted by molar-refractivity contribution is -0.274. The van der Waals surface area contributed by atoms with Crippen molar-refractivity contribution in [2.45, 2.75) is 30.4 Å². The Morgan fingerprint density at radius 1 is 1.27 bits per heavy atom. The Morgan fingerprint density at radius 2 is 1.93 bits per heavy atom. The predicted octanol–water partition coefficient (Wildman–Crippen LogP) is 4.09. The summed E-state index contributed by atoms with van der Waals surface area (Å²) in [4.78, 5) is 0.770. The maximum absolute atomic E-state index is 11.9. The van der Waals surface area contributed by atoms with Crippen LogP contribution in [0.15, 0.2) is 29.2 Å². The number of hydrogen-bond acceptors (Lipinski definition) is 2. The first-order chi connectivity index (χ1) is 6.87. The standard InChI is InChI=1S/C10H11F3OS/c1-7(2)15-9-5-3-4-8(6-9)14-10(11,12)13/h3-7H,1-2H3. The van der Waals surface area contributed by atoms with Crippen LogP contribution in [0.3, 0.4) is 0 Å². The van der Waals surface area contributed by atoms with Crippen molar-refractivity contribution in [2.75, 3.05) is 0 Å².